The summed E-state index contributed by atoms with van der Waals surface area (Å²) in [6, 6.07) is 14.0. The Balaban J connectivity index is 1.99. The van der Waals surface area contributed by atoms with Crippen LogP contribution in [0.25, 0.3) is 28.0 Å². The summed E-state index contributed by atoms with van der Waals surface area (Å²) in [5.74, 6) is 0.242. The number of nitrogen functional groups attached to an aromatic ring is 2. The van der Waals surface area contributed by atoms with E-state index in [4.69, 9.17) is 11.5 Å². The van der Waals surface area contributed by atoms with Gasteiger partial charge in [0, 0.05) is 5.56 Å². The van der Waals surface area contributed by atoms with Gasteiger partial charge in [-0.2, -0.15) is 19.6 Å². The highest BCUT2D eigenvalue weighted by Gasteiger charge is 2.14. The number of aromatic nitrogens is 6. The Labute approximate surface area is 141 Å². The van der Waals surface area contributed by atoms with E-state index >= 15 is 0 Å². The zero-order valence-corrected chi connectivity index (χ0v) is 12.9. The number of anilines is 2. The van der Waals surface area contributed by atoms with Crippen LogP contribution in [0.15, 0.2) is 53.3 Å². The number of rotatable bonds is 2. The molecule has 2 aromatic carbocycles. The Kier molecular flexibility index (Phi) is 3.31. The number of hydrogen-bond acceptors (Lipinski definition) is 8. The van der Waals surface area contributed by atoms with Crippen molar-refractivity contribution >= 4 is 22.8 Å². The van der Waals surface area contributed by atoms with Crippen LogP contribution in [0.1, 0.15) is 0 Å². The first kappa shape index (κ1) is 14.7. The predicted molar refractivity (Wildman–Crippen MR) is 92.8 cm³/mol. The van der Waals surface area contributed by atoms with Gasteiger partial charge in [0.1, 0.15) is 5.52 Å². The minimum absolute atomic E-state index is 0.00533. The number of para-hydroxylation sites is 1. The van der Waals surface area contributed by atoms with E-state index < -0.39 is 0 Å². The Morgan fingerprint density at radius 3 is 2.32 bits per heavy atom. The van der Waals surface area contributed by atoms with Gasteiger partial charge in [0.25, 0.3) is 5.56 Å². The zero-order chi connectivity index (χ0) is 17.4. The molecule has 0 aliphatic rings. The van der Waals surface area contributed by atoms with Gasteiger partial charge in [-0.3, -0.25) is 4.79 Å². The average Bonchev–Trinajstić information content (AvgIpc) is 2.61. The molecule has 0 saturated heterocycles. The van der Waals surface area contributed by atoms with Gasteiger partial charge in [-0.1, -0.05) is 29.5 Å². The molecule has 0 unspecified atom stereocenters. The standard InChI is InChI=1S/C16H12N8O/c17-15-19-13(20-16(18)21-15)10-6-2-4-8-12(10)24-14(25)9-5-1-3-7-11(9)22-23-24/h1-8H,(H4,17,18,19,20,21). The number of nitrogens with zero attached hydrogens (tertiary/aromatic N) is 6. The molecular formula is C16H12N8O. The predicted octanol–water partition coefficient (Wildman–Crippen LogP) is 0.797. The molecule has 0 aliphatic carbocycles. The molecule has 0 radical (unpaired) electrons. The van der Waals surface area contributed by atoms with Gasteiger partial charge in [0.15, 0.2) is 5.82 Å². The third-order valence-corrected chi connectivity index (χ3v) is 3.61. The van der Waals surface area contributed by atoms with Crippen LogP contribution in [0.5, 0.6) is 0 Å². The van der Waals surface area contributed by atoms with Crippen molar-refractivity contribution in [1.82, 2.24) is 29.9 Å². The van der Waals surface area contributed by atoms with E-state index in [1.807, 2.05) is 0 Å². The number of nitrogens with two attached hydrogens (primary N) is 2. The summed E-state index contributed by atoms with van der Waals surface area (Å²) in [5.41, 5.74) is 12.5. The molecule has 0 fully saturated rings. The Hall–Kier alpha value is -3.88. The summed E-state index contributed by atoms with van der Waals surface area (Å²) in [5, 5.41) is 8.59. The molecule has 2 heterocycles. The highest BCUT2D eigenvalue weighted by atomic mass is 16.1. The molecule has 2 aromatic heterocycles. The van der Waals surface area contributed by atoms with Crippen molar-refractivity contribution in [3.05, 3.63) is 58.9 Å². The lowest BCUT2D eigenvalue weighted by molar-refractivity contribution is 0.738. The molecule has 0 atom stereocenters. The van der Waals surface area contributed by atoms with Crippen LogP contribution in [0.2, 0.25) is 0 Å². The van der Waals surface area contributed by atoms with Crippen molar-refractivity contribution in [2.24, 2.45) is 0 Å². The average molecular weight is 332 g/mol. The van der Waals surface area contributed by atoms with E-state index in [9.17, 15) is 4.79 Å². The molecule has 0 saturated carbocycles. The first-order valence-electron chi connectivity index (χ1n) is 7.35. The molecular weight excluding hydrogens is 320 g/mol. The lowest BCUT2D eigenvalue weighted by Crippen LogP contribution is -2.23. The lowest BCUT2D eigenvalue weighted by atomic mass is 10.1. The Morgan fingerprint density at radius 1 is 0.840 bits per heavy atom. The summed E-state index contributed by atoms with van der Waals surface area (Å²) in [4.78, 5) is 24.8. The minimum Gasteiger partial charge on any atom is -0.368 e. The van der Waals surface area contributed by atoms with Crippen molar-refractivity contribution in [3.63, 3.8) is 0 Å². The fourth-order valence-corrected chi connectivity index (χ4v) is 2.52. The van der Waals surface area contributed by atoms with Crippen LogP contribution in [0, 0.1) is 0 Å². The van der Waals surface area contributed by atoms with Crippen molar-refractivity contribution in [1.29, 1.82) is 0 Å². The quantitative estimate of drug-likeness (QED) is 0.549. The molecule has 4 rings (SSSR count). The van der Waals surface area contributed by atoms with E-state index in [0.717, 1.165) is 0 Å². The van der Waals surface area contributed by atoms with Gasteiger partial charge in [-0.25, -0.2) is 0 Å². The summed E-state index contributed by atoms with van der Waals surface area (Å²) in [7, 11) is 0. The zero-order valence-electron chi connectivity index (χ0n) is 12.9. The van der Waals surface area contributed by atoms with Crippen LogP contribution < -0.4 is 17.0 Å². The normalized spacial score (nSPS) is 10.9. The largest absolute Gasteiger partial charge is 0.368 e. The van der Waals surface area contributed by atoms with Gasteiger partial charge in [-0.05, 0) is 24.3 Å². The van der Waals surface area contributed by atoms with Crippen LogP contribution in [0.4, 0.5) is 11.9 Å². The third kappa shape index (κ3) is 2.53. The maximum absolute atomic E-state index is 12.8. The molecule has 4 N–H and O–H groups in total. The van der Waals surface area contributed by atoms with Crippen molar-refractivity contribution in [3.8, 4) is 17.1 Å². The number of fused-ring (bicyclic) bond motifs is 1. The fraction of sp³-hybridized carbons (Fsp3) is 0. The van der Waals surface area contributed by atoms with Gasteiger partial charge < -0.3 is 11.5 Å². The second kappa shape index (κ2) is 5.64. The first-order chi connectivity index (χ1) is 12.1. The third-order valence-electron chi connectivity index (χ3n) is 3.61. The second-order valence-corrected chi connectivity index (χ2v) is 5.22. The van der Waals surface area contributed by atoms with Crippen LogP contribution in [-0.4, -0.2) is 29.9 Å². The molecule has 0 aliphatic heterocycles. The Morgan fingerprint density at radius 2 is 1.52 bits per heavy atom. The summed E-state index contributed by atoms with van der Waals surface area (Å²) < 4.78 is 1.20. The second-order valence-electron chi connectivity index (χ2n) is 5.22. The van der Waals surface area contributed by atoms with Crippen molar-refractivity contribution in [2.75, 3.05) is 11.5 Å². The number of benzene rings is 2. The van der Waals surface area contributed by atoms with Crippen LogP contribution >= 0.6 is 0 Å². The van der Waals surface area contributed by atoms with E-state index in [1.54, 1.807) is 48.5 Å². The molecule has 0 amide bonds. The monoisotopic (exact) mass is 332 g/mol. The molecule has 4 aromatic rings. The van der Waals surface area contributed by atoms with Gasteiger partial charge in [0.05, 0.1) is 11.1 Å². The minimum atomic E-state index is -0.298. The van der Waals surface area contributed by atoms with E-state index in [1.165, 1.54) is 4.68 Å². The number of hydrogen-bond donors (Lipinski definition) is 2. The first-order valence-corrected chi connectivity index (χ1v) is 7.35. The molecule has 122 valence electrons. The highest BCUT2D eigenvalue weighted by Crippen LogP contribution is 2.23. The SMILES string of the molecule is Nc1nc(N)nc(-c2ccccc2-n2nnc3ccccc3c2=O)n1. The topological polar surface area (TPSA) is 138 Å². The van der Waals surface area contributed by atoms with Crippen molar-refractivity contribution < 1.29 is 0 Å². The summed E-state index contributed by atoms with van der Waals surface area (Å²) >= 11 is 0. The molecule has 0 bridgehead atoms. The maximum atomic E-state index is 12.8. The molecule has 0 spiro atoms. The Bertz CT molecular complexity index is 1130. The maximum Gasteiger partial charge on any atom is 0.282 e. The fourth-order valence-electron chi connectivity index (χ4n) is 2.52. The van der Waals surface area contributed by atoms with E-state index in [2.05, 4.69) is 25.3 Å². The van der Waals surface area contributed by atoms with Crippen LogP contribution in [0.3, 0.4) is 0 Å². The summed E-state index contributed by atoms with van der Waals surface area (Å²) in [6.07, 6.45) is 0. The lowest BCUT2D eigenvalue weighted by Gasteiger charge is -2.10. The summed E-state index contributed by atoms with van der Waals surface area (Å²) in [6.45, 7) is 0. The van der Waals surface area contributed by atoms with Crippen LogP contribution in [-0.2, 0) is 0 Å². The van der Waals surface area contributed by atoms with Gasteiger partial charge >= 0.3 is 0 Å². The van der Waals surface area contributed by atoms with E-state index in [-0.39, 0.29) is 23.3 Å². The molecule has 25 heavy (non-hydrogen) atoms. The molecule has 9 nitrogen and oxygen atoms in total. The van der Waals surface area contributed by atoms with Gasteiger partial charge in [0.2, 0.25) is 11.9 Å². The van der Waals surface area contributed by atoms with E-state index in [0.29, 0.717) is 22.2 Å². The molecule has 9 heteroatoms. The smallest absolute Gasteiger partial charge is 0.282 e. The highest BCUT2D eigenvalue weighted by molar-refractivity contribution is 5.77. The van der Waals surface area contributed by atoms with Gasteiger partial charge in [-0.15, -0.1) is 5.10 Å². The van der Waals surface area contributed by atoms with Crippen molar-refractivity contribution in [2.45, 2.75) is 0 Å².